The van der Waals surface area contributed by atoms with Crippen LogP contribution in [0.15, 0.2) is 0 Å². The Morgan fingerprint density at radius 2 is 1.82 bits per heavy atom. The highest BCUT2D eigenvalue weighted by atomic mass is 32.2. The van der Waals surface area contributed by atoms with Gasteiger partial charge >= 0.3 is 0 Å². The monoisotopic (exact) mass is 262 g/mol. The van der Waals surface area contributed by atoms with Crippen LogP contribution < -0.4 is 0 Å². The van der Waals surface area contributed by atoms with Gasteiger partial charge in [-0.1, -0.05) is 19.3 Å². The summed E-state index contributed by atoms with van der Waals surface area (Å²) in [6.45, 7) is 1.56. The van der Waals surface area contributed by atoms with Gasteiger partial charge in [0.15, 0.2) is 0 Å². The van der Waals surface area contributed by atoms with Crippen LogP contribution in [0.2, 0.25) is 0 Å². The van der Waals surface area contributed by atoms with Gasteiger partial charge in [-0.25, -0.2) is 0 Å². The number of carbonyl (C=O) groups is 1. The third kappa shape index (κ3) is 6.78. The number of hydrogen-bond donors (Lipinski definition) is 0. The molecule has 0 N–H and O–H groups in total. The van der Waals surface area contributed by atoms with Crippen molar-refractivity contribution in [2.24, 2.45) is 0 Å². The summed E-state index contributed by atoms with van der Waals surface area (Å²) in [5, 5.41) is 0. The fourth-order valence-electron chi connectivity index (χ4n) is 2.07. The number of ketones is 1. The van der Waals surface area contributed by atoms with Crippen LogP contribution in [0.5, 0.6) is 0 Å². The van der Waals surface area contributed by atoms with Gasteiger partial charge in [0.25, 0.3) is 10.1 Å². The molecule has 0 aromatic heterocycles. The van der Waals surface area contributed by atoms with Crippen molar-refractivity contribution in [1.29, 1.82) is 0 Å². The van der Waals surface area contributed by atoms with E-state index in [-0.39, 0.29) is 17.6 Å². The van der Waals surface area contributed by atoms with Crippen molar-refractivity contribution >= 4 is 15.9 Å². The first-order chi connectivity index (χ1) is 7.99. The fraction of sp³-hybridized carbons (Fsp3) is 0.917. The molecule has 1 saturated carbocycles. The molecule has 0 bridgehead atoms. The SMILES string of the molecule is CC(=O)CCCCCS(=O)(=O)OC1CCCC1. The molecule has 5 heteroatoms. The van der Waals surface area contributed by atoms with Crippen molar-refractivity contribution in [2.45, 2.75) is 64.4 Å². The molecular weight excluding hydrogens is 240 g/mol. The van der Waals surface area contributed by atoms with E-state index in [1.54, 1.807) is 6.92 Å². The zero-order valence-electron chi connectivity index (χ0n) is 10.5. The van der Waals surface area contributed by atoms with Gasteiger partial charge in [-0.3, -0.25) is 4.18 Å². The lowest BCUT2D eigenvalue weighted by Crippen LogP contribution is -2.18. The van der Waals surface area contributed by atoms with E-state index in [0.29, 0.717) is 12.8 Å². The molecule has 0 spiro atoms. The number of hydrogen-bond acceptors (Lipinski definition) is 4. The summed E-state index contributed by atoms with van der Waals surface area (Å²) < 4.78 is 28.3. The van der Waals surface area contributed by atoms with Crippen molar-refractivity contribution in [2.75, 3.05) is 5.75 Å². The van der Waals surface area contributed by atoms with Gasteiger partial charge in [0.2, 0.25) is 0 Å². The van der Waals surface area contributed by atoms with Crippen LogP contribution in [0.25, 0.3) is 0 Å². The normalized spacial score (nSPS) is 17.5. The van der Waals surface area contributed by atoms with Crippen molar-refractivity contribution in [3.8, 4) is 0 Å². The van der Waals surface area contributed by atoms with Crippen LogP contribution in [-0.2, 0) is 19.1 Å². The smallest absolute Gasteiger partial charge is 0.267 e. The first-order valence-corrected chi connectivity index (χ1v) is 7.98. The minimum atomic E-state index is -3.35. The van der Waals surface area contributed by atoms with Crippen LogP contribution in [0, 0.1) is 0 Å². The van der Waals surface area contributed by atoms with Crippen molar-refractivity contribution in [3.05, 3.63) is 0 Å². The molecule has 17 heavy (non-hydrogen) atoms. The molecule has 0 amide bonds. The van der Waals surface area contributed by atoms with Crippen molar-refractivity contribution < 1.29 is 17.4 Å². The maximum Gasteiger partial charge on any atom is 0.267 e. The predicted molar refractivity (Wildman–Crippen MR) is 66.3 cm³/mol. The van der Waals surface area contributed by atoms with Crippen LogP contribution >= 0.6 is 0 Å². The van der Waals surface area contributed by atoms with Gasteiger partial charge in [-0.05, 0) is 32.6 Å². The summed E-state index contributed by atoms with van der Waals surface area (Å²) in [6.07, 6.45) is 6.45. The molecule has 1 aliphatic carbocycles. The zero-order chi connectivity index (χ0) is 12.7. The van der Waals surface area contributed by atoms with E-state index in [1.165, 1.54) is 0 Å². The predicted octanol–water partition coefficient (Wildman–Crippen LogP) is 2.42. The highest BCUT2D eigenvalue weighted by Crippen LogP contribution is 2.23. The Morgan fingerprint density at radius 1 is 1.18 bits per heavy atom. The average molecular weight is 262 g/mol. The minimum Gasteiger partial charge on any atom is -0.300 e. The first-order valence-electron chi connectivity index (χ1n) is 6.40. The number of rotatable bonds is 8. The maximum absolute atomic E-state index is 11.6. The highest BCUT2D eigenvalue weighted by Gasteiger charge is 2.22. The zero-order valence-corrected chi connectivity index (χ0v) is 11.3. The largest absolute Gasteiger partial charge is 0.300 e. The van der Waals surface area contributed by atoms with E-state index in [0.717, 1.165) is 38.5 Å². The molecule has 0 aromatic carbocycles. The van der Waals surface area contributed by atoms with E-state index in [1.807, 2.05) is 0 Å². The van der Waals surface area contributed by atoms with Gasteiger partial charge in [0, 0.05) is 6.42 Å². The van der Waals surface area contributed by atoms with Gasteiger partial charge in [-0.2, -0.15) is 8.42 Å². The molecule has 0 saturated heterocycles. The second-order valence-corrected chi connectivity index (χ2v) is 6.49. The number of unbranched alkanes of at least 4 members (excludes halogenated alkanes) is 2. The van der Waals surface area contributed by atoms with Crippen LogP contribution in [-0.4, -0.2) is 26.1 Å². The lowest BCUT2D eigenvalue weighted by molar-refractivity contribution is -0.117. The highest BCUT2D eigenvalue weighted by molar-refractivity contribution is 7.86. The molecule has 0 atom stereocenters. The van der Waals surface area contributed by atoms with E-state index < -0.39 is 10.1 Å². The lowest BCUT2D eigenvalue weighted by Gasteiger charge is -2.10. The lowest BCUT2D eigenvalue weighted by atomic mass is 10.2. The Labute approximate surface area is 104 Å². The molecule has 1 aliphatic rings. The Hall–Kier alpha value is -0.420. The Kier molecular flexibility index (Phi) is 6.12. The Morgan fingerprint density at radius 3 is 2.41 bits per heavy atom. The molecule has 0 radical (unpaired) electrons. The number of Topliss-reactive ketones (excluding diaryl/α,β-unsaturated/α-hetero) is 1. The van der Waals surface area contributed by atoms with Crippen LogP contribution in [0.4, 0.5) is 0 Å². The maximum atomic E-state index is 11.6. The molecular formula is C12H22O4S. The minimum absolute atomic E-state index is 0.0847. The van der Waals surface area contributed by atoms with E-state index in [2.05, 4.69) is 0 Å². The van der Waals surface area contributed by atoms with Crippen LogP contribution in [0.1, 0.15) is 58.3 Å². The first kappa shape index (κ1) is 14.6. The van der Waals surface area contributed by atoms with Crippen molar-refractivity contribution in [1.82, 2.24) is 0 Å². The van der Waals surface area contributed by atoms with Crippen LogP contribution in [0.3, 0.4) is 0 Å². The standard InChI is InChI=1S/C12H22O4S/c1-11(13)7-3-2-6-10-17(14,15)16-12-8-4-5-9-12/h12H,2-10H2,1H3. The third-order valence-electron chi connectivity index (χ3n) is 3.01. The Balaban J connectivity index is 2.13. The van der Waals surface area contributed by atoms with Gasteiger partial charge < -0.3 is 4.79 Å². The van der Waals surface area contributed by atoms with E-state index in [4.69, 9.17) is 4.18 Å². The third-order valence-corrected chi connectivity index (χ3v) is 4.36. The molecule has 4 nitrogen and oxygen atoms in total. The molecule has 1 rings (SSSR count). The van der Waals surface area contributed by atoms with E-state index >= 15 is 0 Å². The second-order valence-electron chi connectivity index (χ2n) is 4.78. The fourth-order valence-corrected chi connectivity index (χ4v) is 3.33. The number of carbonyl (C=O) groups excluding carboxylic acids is 1. The molecule has 0 unspecified atom stereocenters. The molecule has 100 valence electrons. The molecule has 0 aliphatic heterocycles. The van der Waals surface area contributed by atoms with Crippen molar-refractivity contribution in [3.63, 3.8) is 0 Å². The van der Waals surface area contributed by atoms with Gasteiger partial charge in [0.05, 0.1) is 11.9 Å². The topological polar surface area (TPSA) is 60.4 Å². The summed E-state index contributed by atoms with van der Waals surface area (Å²) in [4.78, 5) is 10.7. The van der Waals surface area contributed by atoms with Gasteiger partial charge in [-0.15, -0.1) is 0 Å². The van der Waals surface area contributed by atoms with E-state index in [9.17, 15) is 13.2 Å². The molecule has 0 aromatic rings. The second kappa shape index (κ2) is 7.11. The quantitative estimate of drug-likeness (QED) is 0.498. The molecule has 0 heterocycles. The summed E-state index contributed by atoms with van der Waals surface area (Å²) >= 11 is 0. The van der Waals surface area contributed by atoms with Gasteiger partial charge in [0.1, 0.15) is 5.78 Å². The summed E-state index contributed by atoms with van der Waals surface area (Å²) in [5.41, 5.74) is 0. The summed E-state index contributed by atoms with van der Waals surface area (Å²) in [6, 6.07) is 0. The average Bonchev–Trinajstić information content (AvgIpc) is 2.68. The summed E-state index contributed by atoms with van der Waals surface area (Å²) in [5.74, 6) is 0.247. The summed E-state index contributed by atoms with van der Waals surface area (Å²) in [7, 11) is -3.35. The molecule has 1 fully saturated rings. The Bertz CT molecular complexity index is 328.